The molecular formula is C26H30F2N2O3. The molecule has 2 aromatic carbocycles. The summed E-state index contributed by atoms with van der Waals surface area (Å²) in [5.41, 5.74) is 1.54. The minimum atomic E-state index is -0.953. The van der Waals surface area contributed by atoms with Gasteiger partial charge in [0, 0.05) is 23.7 Å². The first-order valence-electron chi connectivity index (χ1n) is 11.6. The standard InChI is InChI=1S/C26H30F2N2O3/c1-26(2)13-16-10-20(18-5-4-17(33-3)11-21(18)27)22(28)12-19(16)24(26)30(25(31)32)23-14-29-8-6-15(23)7-9-29/h4-5,10-12,15,23-24H,6-9,13-14H2,1-3H3,(H,31,32)/t23-,24+/m1/s1. The number of hydrogen-bond donors (Lipinski definition) is 1. The lowest BCUT2D eigenvalue weighted by Crippen LogP contribution is -2.60. The van der Waals surface area contributed by atoms with Crippen LogP contribution >= 0.6 is 0 Å². The second kappa shape index (κ2) is 7.97. The van der Waals surface area contributed by atoms with E-state index >= 15 is 4.39 Å². The van der Waals surface area contributed by atoms with Gasteiger partial charge in [-0.3, -0.25) is 4.90 Å². The molecule has 176 valence electrons. The van der Waals surface area contributed by atoms with Gasteiger partial charge >= 0.3 is 6.09 Å². The highest BCUT2D eigenvalue weighted by Crippen LogP contribution is 2.52. The lowest BCUT2D eigenvalue weighted by atomic mass is 9.79. The van der Waals surface area contributed by atoms with Gasteiger partial charge in [0.1, 0.15) is 17.4 Å². The number of halogens is 2. The van der Waals surface area contributed by atoms with Crippen LogP contribution in [-0.2, 0) is 6.42 Å². The topological polar surface area (TPSA) is 53.0 Å². The minimum Gasteiger partial charge on any atom is -0.497 e. The van der Waals surface area contributed by atoms with Crippen LogP contribution in [0.1, 0.15) is 43.9 Å². The van der Waals surface area contributed by atoms with Crippen LogP contribution in [0, 0.1) is 23.0 Å². The first-order chi connectivity index (χ1) is 15.7. The van der Waals surface area contributed by atoms with Crippen LogP contribution in [0.4, 0.5) is 13.6 Å². The number of rotatable bonds is 4. The molecule has 1 N–H and O–H groups in total. The maximum atomic E-state index is 15.4. The lowest BCUT2D eigenvalue weighted by molar-refractivity contribution is -0.0267. The van der Waals surface area contributed by atoms with Gasteiger partial charge in [-0.05, 0) is 79.1 Å². The van der Waals surface area contributed by atoms with Crippen molar-refractivity contribution in [2.75, 3.05) is 26.7 Å². The number of piperidine rings is 3. The molecule has 7 heteroatoms. The summed E-state index contributed by atoms with van der Waals surface area (Å²) in [4.78, 5) is 16.5. The van der Waals surface area contributed by atoms with E-state index in [1.807, 2.05) is 13.8 Å². The van der Waals surface area contributed by atoms with Crippen molar-refractivity contribution in [2.45, 2.75) is 45.2 Å². The van der Waals surface area contributed by atoms with Crippen molar-refractivity contribution in [2.24, 2.45) is 11.3 Å². The first kappa shape index (κ1) is 22.1. The molecule has 0 saturated carbocycles. The van der Waals surface area contributed by atoms with Crippen molar-refractivity contribution in [1.82, 2.24) is 9.80 Å². The number of carbonyl (C=O) groups is 1. The molecule has 5 nitrogen and oxygen atoms in total. The van der Waals surface area contributed by atoms with Gasteiger partial charge in [0.25, 0.3) is 0 Å². The molecule has 3 saturated heterocycles. The zero-order chi connectivity index (χ0) is 23.5. The molecule has 0 aromatic heterocycles. The summed E-state index contributed by atoms with van der Waals surface area (Å²) in [6.45, 7) is 6.85. The largest absolute Gasteiger partial charge is 0.497 e. The Bertz CT molecular complexity index is 1100. The van der Waals surface area contributed by atoms with E-state index in [9.17, 15) is 14.3 Å². The normalized spacial score (nSPS) is 27.3. The second-order valence-electron chi connectivity index (χ2n) is 10.3. The van der Waals surface area contributed by atoms with Crippen LogP contribution in [0.5, 0.6) is 5.75 Å². The van der Waals surface area contributed by atoms with E-state index in [0.29, 0.717) is 23.7 Å². The van der Waals surface area contributed by atoms with Crippen molar-refractivity contribution < 1.29 is 23.4 Å². The number of benzene rings is 2. The van der Waals surface area contributed by atoms with Gasteiger partial charge in [-0.15, -0.1) is 0 Å². The molecule has 1 aliphatic carbocycles. The molecule has 4 aliphatic rings. The van der Waals surface area contributed by atoms with Gasteiger partial charge in [0.2, 0.25) is 0 Å². The number of methoxy groups -OCH3 is 1. The molecule has 3 fully saturated rings. The van der Waals surface area contributed by atoms with Crippen molar-refractivity contribution in [3.63, 3.8) is 0 Å². The molecule has 0 unspecified atom stereocenters. The number of hydrogen-bond acceptors (Lipinski definition) is 3. The predicted octanol–water partition coefficient (Wildman–Crippen LogP) is 5.34. The second-order valence-corrected chi connectivity index (χ2v) is 10.3. The van der Waals surface area contributed by atoms with Crippen LogP contribution in [0.15, 0.2) is 30.3 Å². The maximum Gasteiger partial charge on any atom is 0.408 e. The highest BCUT2D eigenvalue weighted by atomic mass is 19.1. The third kappa shape index (κ3) is 3.66. The Morgan fingerprint density at radius 3 is 2.39 bits per heavy atom. The van der Waals surface area contributed by atoms with Crippen LogP contribution in [0.2, 0.25) is 0 Å². The van der Waals surface area contributed by atoms with Gasteiger partial charge in [-0.25, -0.2) is 13.6 Å². The van der Waals surface area contributed by atoms with Crippen molar-refractivity contribution in [1.29, 1.82) is 0 Å². The first-order valence-corrected chi connectivity index (χ1v) is 11.6. The SMILES string of the molecule is COc1ccc(-c2cc3c(cc2F)[C@H](N(C(=O)O)[C@@H]2CN4CCC2CC4)C(C)(C)C3)c(F)c1. The molecular weight excluding hydrogens is 426 g/mol. The molecule has 3 heterocycles. The van der Waals surface area contributed by atoms with Crippen LogP contribution in [-0.4, -0.2) is 53.8 Å². The molecule has 6 rings (SSSR count). The molecule has 1 amide bonds. The maximum absolute atomic E-state index is 15.4. The molecule has 2 atom stereocenters. The fourth-order valence-electron chi connectivity index (χ4n) is 6.32. The average molecular weight is 457 g/mol. The van der Waals surface area contributed by atoms with E-state index in [1.54, 1.807) is 17.0 Å². The van der Waals surface area contributed by atoms with E-state index in [2.05, 4.69) is 4.90 Å². The third-order valence-electron chi connectivity index (χ3n) is 7.85. The van der Waals surface area contributed by atoms with Crippen molar-refractivity contribution in [3.8, 4) is 16.9 Å². The number of carboxylic acid groups (broad SMARTS) is 1. The van der Waals surface area contributed by atoms with Gasteiger partial charge in [0.15, 0.2) is 0 Å². The summed E-state index contributed by atoms with van der Waals surface area (Å²) in [7, 11) is 1.45. The lowest BCUT2D eigenvalue weighted by Gasteiger charge is -2.51. The Morgan fingerprint density at radius 1 is 1.12 bits per heavy atom. The van der Waals surface area contributed by atoms with Crippen LogP contribution in [0.3, 0.4) is 0 Å². The summed E-state index contributed by atoms with van der Waals surface area (Å²) in [5, 5.41) is 10.3. The Hall–Kier alpha value is -2.67. The summed E-state index contributed by atoms with van der Waals surface area (Å²) in [5.74, 6) is -0.390. The van der Waals surface area contributed by atoms with Crippen LogP contribution < -0.4 is 4.74 Å². The number of ether oxygens (including phenoxy) is 1. The summed E-state index contributed by atoms with van der Waals surface area (Å²) in [6.07, 6.45) is 1.64. The summed E-state index contributed by atoms with van der Waals surface area (Å²) < 4.78 is 35.2. The Balaban J connectivity index is 1.57. The average Bonchev–Trinajstić information content (AvgIpc) is 3.03. The fourth-order valence-corrected chi connectivity index (χ4v) is 6.32. The highest BCUT2D eigenvalue weighted by molar-refractivity contribution is 5.70. The monoisotopic (exact) mass is 456 g/mol. The molecule has 2 aromatic rings. The fraction of sp³-hybridized carbons (Fsp3) is 0.500. The third-order valence-corrected chi connectivity index (χ3v) is 7.85. The number of nitrogens with zero attached hydrogens (tertiary/aromatic N) is 2. The van der Waals surface area contributed by atoms with Crippen LogP contribution in [0.25, 0.3) is 11.1 Å². The Morgan fingerprint density at radius 2 is 1.82 bits per heavy atom. The Labute approximate surface area is 193 Å². The molecule has 33 heavy (non-hydrogen) atoms. The van der Waals surface area contributed by atoms with Crippen molar-refractivity contribution >= 4 is 6.09 Å². The van der Waals surface area contributed by atoms with E-state index < -0.39 is 29.2 Å². The Kier molecular flexibility index (Phi) is 5.35. The smallest absolute Gasteiger partial charge is 0.408 e. The van der Waals surface area contributed by atoms with Gasteiger partial charge in [0.05, 0.1) is 19.2 Å². The zero-order valence-electron chi connectivity index (χ0n) is 19.3. The molecule has 3 aliphatic heterocycles. The van der Waals surface area contributed by atoms with E-state index in [4.69, 9.17) is 4.74 Å². The van der Waals surface area contributed by atoms with Gasteiger partial charge in [-0.1, -0.05) is 13.8 Å². The number of amides is 1. The van der Waals surface area contributed by atoms with Gasteiger partial charge < -0.3 is 14.7 Å². The zero-order valence-corrected chi connectivity index (χ0v) is 19.3. The molecule has 2 bridgehead atoms. The van der Waals surface area contributed by atoms with E-state index in [0.717, 1.165) is 38.0 Å². The summed E-state index contributed by atoms with van der Waals surface area (Å²) in [6, 6.07) is 6.97. The summed E-state index contributed by atoms with van der Waals surface area (Å²) >= 11 is 0. The quantitative estimate of drug-likeness (QED) is 0.675. The van der Waals surface area contributed by atoms with E-state index in [-0.39, 0.29) is 17.2 Å². The van der Waals surface area contributed by atoms with Crippen molar-refractivity contribution in [3.05, 3.63) is 53.1 Å². The molecule has 0 spiro atoms. The van der Waals surface area contributed by atoms with Gasteiger partial charge in [-0.2, -0.15) is 0 Å². The predicted molar refractivity (Wildman–Crippen MR) is 121 cm³/mol. The molecule has 0 radical (unpaired) electrons. The highest BCUT2D eigenvalue weighted by Gasteiger charge is 2.50. The number of fused-ring (bicyclic) bond motifs is 4. The minimum absolute atomic E-state index is 0.0954. The van der Waals surface area contributed by atoms with E-state index in [1.165, 1.54) is 25.3 Å².